The van der Waals surface area contributed by atoms with Crippen LogP contribution in [-0.2, 0) is 64.2 Å². The van der Waals surface area contributed by atoms with Crippen LogP contribution in [0.1, 0.15) is 131 Å². The van der Waals surface area contributed by atoms with Gasteiger partial charge in [0.2, 0.25) is 62.3 Å². The van der Waals surface area contributed by atoms with Crippen LogP contribution in [0.4, 0.5) is 10.5 Å². The maximum Gasteiger partial charge on any atom is 0.312 e. The Morgan fingerprint density at radius 2 is 1.42 bits per heavy atom. The van der Waals surface area contributed by atoms with Crippen LogP contribution in [0.15, 0.2) is 41.8 Å². The maximum absolute atomic E-state index is 14.4. The Morgan fingerprint density at radius 1 is 0.775 bits per heavy atom. The second-order valence-corrected chi connectivity index (χ2v) is 26.0. The number of methoxy groups -OCH3 is 2. The van der Waals surface area contributed by atoms with Gasteiger partial charge in [-0.3, -0.25) is 43.3 Å². The smallest absolute Gasteiger partial charge is 0.312 e. The van der Waals surface area contributed by atoms with E-state index in [2.05, 4.69) is 59.0 Å². The van der Waals surface area contributed by atoms with Crippen LogP contribution in [0.25, 0.3) is 0 Å². The van der Waals surface area contributed by atoms with Gasteiger partial charge >= 0.3 is 6.03 Å². The summed E-state index contributed by atoms with van der Waals surface area (Å²) in [5, 5.41) is 18.9. The topological polar surface area (TPSA) is 352 Å². The number of benzene rings is 1. The number of primary amides is 1. The van der Waals surface area contributed by atoms with Gasteiger partial charge in [-0.1, -0.05) is 92.7 Å². The van der Waals surface area contributed by atoms with Crippen LogP contribution < -0.4 is 43.0 Å². The molecule has 1 fully saturated rings. The van der Waals surface area contributed by atoms with Gasteiger partial charge in [-0.2, -0.15) is 0 Å². The van der Waals surface area contributed by atoms with E-state index in [1.54, 1.807) is 61.9 Å². The number of ether oxygens (including phenoxy) is 2. The molecular weight excluding hydrogens is 1170 g/mol. The summed E-state index contributed by atoms with van der Waals surface area (Å²) in [7, 11) is 4.80. The van der Waals surface area contributed by atoms with Gasteiger partial charge in [-0.05, 0) is 87.6 Å². The Balaban J connectivity index is 1.59. The number of urea groups is 1. The summed E-state index contributed by atoms with van der Waals surface area (Å²) < 4.78 is 35.2. The van der Waals surface area contributed by atoms with Crippen LogP contribution in [0, 0.1) is 41.4 Å². The number of nitrogens with zero attached hydrogens (tertiary/aromatic N) is 5. The number of anilines is 1. The summed E-state index contributed by atoms with van der Waals surface area (Å²) in [5.41, 5.74) is 6.67. The highest BCUT2D eigenvalue weighted by Crippen LogP contribution is 2.30. The van der Waals surface area contributed by atoms with Crippen molar-refractivity contribution in [3.8, 4) is 11.8 Å². The van der Waals surface area contributed by atoms with E-state index in [4.69, 9.17) is 15.2 Å². The monoisotopic (exact) mass is 1270 g/mol. The molecule has 0 unspecified atom stereocenters. The van der Waals surface area contributed by atoms with E-state index in [1.165, 1.54) is 26.6 Å². The molecule has 10 atom stereocenters. The van der Waals surface area contributed by atoms with Crippen LogP contribution in [-0.4, -0.2) is 196 Å². The SMILES string of the molecule is CC[C@H](C)[C@@H]([C@@H](CC(=O)N1CCC[C@H]1[C@H](OC)[C@@H](C)C(=O)NCC(=O)NCc1ccc(NC(=O)[C@H](CCCNC(N)=O)NC(=O)[C@@H](NC(=O)CCCC#Cc2cnc(S(C)(=O)=O)nc2)C(C)C)cc1)OC)N(C)C(=O)[C@@H](NC(=O)[C@H](C(C)C)N(C)C)C(C)C. The summed E-state index contributed by atoms with van der Waals surface area (Å²) in [5.74, 6) is 0.987. The number of carbonyl (C=O) groups excluding carboxylic acids is 9. The molecule has 2 aromatic rings. The number of nitrogens with one attached hydrogen (secondary N) is 7. The zero-order chi connectivity index (χ0) is 66.9. The third-order valence-corrected chi connectivity index (χ3v) is 16.7. The van der Waals surface area contributed by atoms with Crippen molar-refractivity contribution in [1.82, 2.24) is 56.6 Å². The fourth-order valence-corrected chi connectivity index (χ4v) is 11.3. The number of amides is 10. The standard InChI is InChI=1S/C62H99N13O13S/c1-16-40(8)54(74(12)60(83)52(38(4)5)72-59(82)53(39(6)7)73(10)11)47(87-13)32-50(78)75-31-21-24-46(75)55(88-14)41(9)56(79)66-36-49(77)65-33-42-26-28-44(29-27-42)69-57(80)45(23-20-30-64-61(63)84)70-58(81)51(37(2)3)71-48(76)25-19-17-18-22-43-34-67-62(68-35-43)89(15,85)86/h26-29,34-35,37-41,45-47,51-55H,16-17,19-21,23-25,30-33,36H2,1-15H3,(H,65,77)(H,66,79)(H,69,80)(H,70,81)(H,71,76)(H,72,82)(H3,63,64,84)/t40-,41+,45-,46-,47+,51-,52-,53-,54-,55+/m0/s1. The minimum absolute atomic E-state index is 0.000369. The van der Waals surface area contributed by atoms with Gasteiger partial charge in [-0.15, -0.1) is 0 Å². The van der Waals surface area contributed by atoms with Crippen molar-refractivity contribution in [3.05, 3.63) is 47.8 Å². The summed E-state index contributed by atoms with van der Waals surface area (Å²) in [4.78, 5) is 134. The first-order valence-electron chi connectivity index (χ1n) is 30.5. The number of rotatable bonds is 35. The number of nitrogens with two attached hydrogens (primary N) is 1. The van der Waals surface area contributed by atoms with E-state index in [0.29, 0.717) is 55.5 Å². The molecule has 0 radical (unpaired) electrons. The Hall–Kier alpha value is -7.28. The quantitative estimate of drug-likeness (QED) is 0.0279. The number of sulfone groups is 1. The highest BCUT2D eigenvalue weighted by atomic mass is 32.2. The van der Waals surface area contributed by atoms with Crippen molar-refractivity contribution in [3.63, 3.8) is 0 Å². The number of hydrogen-bond donors (Lipinski definition) is 8. The van der Waals surface area contributed by atoms with E-state index in [0.717, 1.165) is 6.26 Å². The fourth-order valence-electron chi connectivity index (χ4n) is 10.8. The lowest BCUT2D eigenvalue weighted by Crippen LogP contribution is -2.59. The van der Waals surface area contributed by atoms with Gasteiger partial charge < -0.3 is 62.2 Å². The minimum Gasteiger partial charge on any atom is -0.379 e. The van der Waals surface area contributed by atoms with E-state index in [-0.39, 0.29) is 91.9 Å². The number of aromatic nitrogens is 2. The van der Waals surface area contributed by atoms with Crippen molar-refractivity contribution in [1.29, 1.82) is 0 Å². The predicted octanol–water partition coefficient (Wildman–Crippen LogP) is 2.49. The van der Waals surface area contributed by atoms with E-state index < -0.39 is 99.8 Å². The molecule has 1 aliphatic heterocycles. The van der Waals surface area contributed by atoms with Crippen molar-refractivity contribution < 1.29 is 61.0 Å². The molecule has 0 saturated carbocycles. The van der Waals surface area contributed by atoms with Crippen molar-refractivity contribution in [2.45, 2.75) is 180 Å². The second kappa shape index (κ2) is 37.0. The summed E-state index contributed by atoms with van der Waals surface area (Å²) in [6.07, 6.45) is 5.09. The summed E-state index contributed by atoms with van der Waals surface area (Å²) in [6, 6.07) is 1.48. The molecule has 27 heteroatoms. The molecule has 89 heavy (non-hydrogen) atoms. The number of carbonyl (C=O) groups is 9. The first-order valence-corrected chi connectivity index (χ1v) is 32.4. The molecule has 0 bridgehead atoms. The lowest BCUT2D eigenvalue weighted by molar-refractivity contribution is -0.148. The molecular formula is C62H99N13O13S. The predicted molar refractivity (Wildman–Crippen MR) is 337 cm³/mol. The first kappa shape index (κ1) is 76.0. The van der Waals surface area contributed by atoms with E-state index >= 15 is 0 Å². The van der Waals surface area contributed by atoms with Crippen LogP contribution >= 0.6 is 0 Å². The lowest BCUT2D eigenvalue weighted by Gasteiger charge is -2.41. The molecule has 1 aromatic heterocycles. The minimum atomic E-state index is -3.56. The van der Waals surface area contributed by atoms with E-state index in [1.807, 2.05) is 60.5 Å². The molecule has 0 spiro atoms. The van der Waals surface area contributed by atoms with Crippen LogP contribution in [0.3, 0.4) is 0 Å². The average molecular weight is 1270 g/mol. The van der Waals surface area contributed by atoms with Crippen molar-refractivity contribution in [2.75, 3.05) is 66.6 Å². The number of unbranched alkanes of at least 4 members (excludes halogenated alkanes) is 1. The normalized spacial score (nSPS) is 16.3. The Kier molecular flexibility index (Phi) is 31.6. The van der Waals surface area contributed by atoms with Gasteiger partial charge in [-0.25, -0.2) is 23.2 Å². The first-order chi connectivity index (χ1) is 41.9. The Bertz CT molecular complexity index is 2860. The van der Waals surface area contributed by atoms with Gasteiger partial charge in [0.05, 0.1) is 54.8 Å². The molecule has 1 aliphatic rings. The molecule has 3 rings (SSSR count). The molecule has 9 N–H and O–H groups in total. The Labute approximate surface area is 526 Å². The molecule has 0 aliphatic carbocycles. The van der Waals surface area contributed by atoms with Crippen molar-refractivity contribution >= 4 is 68.8 Å². The number of likely N-dealkylation sites (tertiary alicyclic amines) is 1. The Morgan fingerprint density at radius 3 is 1.97 bits per heavy atom. The average Bonchev–Trinajstić information content (AvgIpc) is 3.33. The molecule has 1 saturated heterocycles. The van der Waals surface area contributed by atoms with Crippen LogP contribution in [0.2, 0.25) is 0 Å². The molecule has 26 nitrogen and oxygen atoms in total. The molecule has 496 valence electrons. The second-order valence-electron chi connectivity index (χ2n) is 24.1. The highest BCUT2D eigenvalue weighted by molar-refractivity contribution is 7.90. The lowest BCUT2D eigenvalue weighted by atomic mass is 9.89. The number of likely N-dealkylation sites (N-methyl/N-ethyl adjacent to an activating group) is 2. The number of hydrogen-bond acceptors (Lipinski definition) is 16. The summed E-state index contributed by atoms with van der Waals surface area (Å²) in [6.45, 7) is 17.1. The van der Waals surface area contributed by atoms with Gasteiger partial charge in [0.25, 0.3) is 0 Å². The largest absolute Gasteiger partial charge is 0.379 e. The van der Waals surface area contributed by atoms with Gasteiger partial charge in [0, 0.05) is 78.1 Å². The molecule has 1 aromatic carbocycles. The zero-order valence-corrected chi connectivity index (χ0v) is 55.5. The van der Waals surface area contributed by atoms with Gasteiger partial charge in [0.1, 0.15) is 18.1 Å². The molecule has 2 heterocycles. The maximum atomic E-state index is 14.4. The van der Waals surface area contributed by atoms with Gasteiger partial charge in [0.15, 0.2) is 0 Å². The van der Waals surface area contributed by atoms with Crippen molar-refractivity contribution in [2.24, 2.45) is 35.3 Å². The highest BCUT2D eigenvalue weighted by Gasteiger charge is 2.43. The van der Waals surface area contributed by atoms with E-state index in [9.17, 15) is 51.6 Å². The van der Waals surface area contributed by atoms with Crippen LogP contribution in [0.5, 0.6) is 0 Å². The summed E-state index contributed by atoms with van der Waals surface area (Å²) >= 11 is 0. The molecule has 10 amide bonds. The third kappa shape index (κ3) is 24.2. The fraction of sp³-hybridized carbons (Fsp3) is 0.661. The zero-order valence-electron chi connectivity index (χ0n) is 54.7. The third-order valence-electron chi connectivity index (χ3n) is 15.8.